The van der Waals surface area contributed by atoms with Crippen molar-refractivity contribution in [2.45, 2.75) is 31.7 Å². The molecule has 0 bridgehead atoms. The van der Waals surface area contributed by atoms with Gasteiger partial charge in [0.05, 0.1) is 17.2 Å². The molecular formula is C9H11N3. The normalized spacial score (nSPS) is 18.7. The van der Waals surface area contributed by atoms with Crippen LogP contribution >= 0.6 is 0 Å². The third-order valence-corrected chi connectivity index (χ3v) is 2.47. The van der Waals surface area contributed by atoms with Crippen LogP contribution in [0.3, 0.4) is 0 Å². The number of aryl methyl sites for hydroxylation is 1. The first-order valence-corrected chi connectivity index (χ1v) is 4.26. The number of nitriles is 1. The molecule has 0 unspecified atom stereocenters. The Hall–Kier alpha value is -1.30. The van der Waals surface area contributed by atoms with E-state index in [1.165, 1.54) is 0 Å². The van der Waals surface area contributed by atoms with Crippen LogP contribution in [0.1, 0.15) is 25.5 Å². The Morgan fingerprint density at radius 2 is 2.50 bits per heavy atom. The Labute approximate surface area is 71.6 Å². The van der Waals surface area contributed by atoms with E-state index in [-0.39, 0.29) is 5.41 Å². The first kappa shape index (κ1) is 7.35. The molecule has 1 aliphatic rings. The molecule has 2 rings (SSSR count). The number of aromatic nitrogens is 2. The molecule has 0 spiro atoms. The second kappa shape index (κ2) is 2.34. The van der Waals surface area contributed by atoms with Gasteiger partial charge in [0.25, 0.3) is 0 Å². The van der Waals surface area contributed by atoms with Crippen LogP contribution in [-0.2, 0) is 12.0 Å². The largest absolute Gasteiger partial charge is 0.268 e. The zero-order valence-electron chi connectivity index (χ0n) is 7.12. The highest BCUT2D eigenvalue weighted by molar-refractivity contribution is 5.33. The first-order chi connectivity index (χ1) is 5.82. The van der Waals surface area contributed by atoms with Gasteiger partial charge in [0, 0.05) is 12.7 Å². The summed E-state index contributed by atoms with van der Waals surface area (Å²) < 4.78 is 1.91. The van der Waals surface area contributed by atoms with Crippen LogP contribution < -0.4 is 0 Å². The standard InChI is InChI=1S/C9H11N3/c1-2-12-8(3-6-11-12)9(7-10)4-5-9/h3,6H,2,4-5H2,1H3. The monoisotopic (exact) mass is 161 g/mol. The Morgan fingerprint density at radius 3 is 3.00 bits per heavy atom. The Balaban J connectivity index is 2.41. The van der Waals surface area contributed by atoms with Crippen molar-refractivity contribution in [1.29, 1.82) is 5.26 Å². The van der Waals surface area contributed by atoms with Gasteiger partial charge in [-0.3, -0.25) is 4.68 Å². The van der Waals surface area contributed by atoms with Crippen molar-refractivity contribution in [3.8, 4) is 6.07 Å². The third kappa shape index (κ3) is 0.845. The summed E-state index contributed by atoms with van der Waals surface area (Å²) in [6.07, 6.45) is 3.76. The molecule has 0 amide bonds. The van der Waals surface area contributed by atoms with Gasteiger partial charge in [-0.2, -0.15) is 10.4 Å². The molecule has 0 atom stereocenters. The lowest BCUT2D eigenvalue weighted by Gasteiger charge is -2.07. The Bertz CT molecular complexity index is 328. The molecule has 1 aromatic heterocycles. The highest BCUT2D eigenvalue weighted by atomic mass is 15.3. The zero-order chi connectivity index (χ0) is 8.60. The summed E-state index contributed by atoms with van der Waals surface area (Å²) in [5.74, 6) is 0. The van der Waals surface area contributed by atoms with Gasteiger partial charge < -0.3 is 0 Å². The fourth-order valence-electron chi connectivity index (χ4n) is 1.54. The molecule has 1 heterocycles. The minimum Gasteiger partial charge on any atom is -0.268 e. The average Bonchev–Trinajstić information content (AvgIpc) is 2.76. The smallest absolute Gasteiger partial charge is 0.0991 e. The molecule has 0 aromatic carbocycles. The average molecular weight is 161 g/mol. The Morgan fingerprint density at radius 1 is 1.75 bits per heavy atom. The molecule has 1 fully saturated rings. The van der Waals surface area contributed by atoms with Gasteiger partial charge in [0.1, 0.15) is 0 Å². The summed E-state index contributed by atoms with van der Waals surface area (Å²) in [7, 11) is 0. The lowest BCUT2D eigenvalue weighted by Crippen LogP contribution is -2.11. The minimum atomic E-state index is -0.188. The van der Waals surface area contributed by atoms with E-state index in [2.05, 4.69) is 11.2 Å². The summed E-state index contributed by atoms with van der Waals surface area (Å²) in [6, 6.07) is 4.33. The van der Waals surface area contributed by atoms with Gasteiger partial charge in [0.15, 0.2) is 0 Å². The van der Waals surface area contributed by atoms with Gasteiger partial charge in [0.2, 0.25) is 0 Å². The van der Waals surface area contributed by atoms with E-state index in [1.54, 1.807) is 6.20 Å². The van der Waals surface area contributed by atoms with E-state index in [0.717, 1.165) is 25.1 Å². The van der Waals surface area contributed by atoms with Crippen molar-refractivity contribution in [3.05, 3.63) is 18.0 Å². The Kier molecular flexibility index (Phi) is 1.44. The molecule has 3 heteroatoms. The minimum absolute atomic E-state index is 0.188. The van der Waals surface area contributed by atoms with Crippen molar-refractivity contribution >= 4 is 0 Å². The first-order valence-electron chi connectivity index (χ1n) is 4.26. The van der Waals surface area contributed by atoms with Crippen LogP contribution in [0.5, 0.6) is 0 Å². The topological polar surface area (TPSA) is 41.6 Å². The van der Waals surface area contributed by atoms with Gasteiger partial charge in [-0.15, -0.1) is 0 Å². The number of nitrogens with zero attached hydrogens (tertiary/aromatic N) is 3. The maximum Gasteiger partial charge on any atom is 0.0991 e. The van der Waals surface area contributed by atoms with Crippen LogP contribution in [0, 0.1) is 11.3 Å². The van der Waals surface area contributed by atoms with Crippen molar-refractivity contribution in [2.24, 2.45) is 0 Å². The molecule has 1 saturated carbocycles. The summed E-state index contributed by atoms with van der Waals surface area (Å²) in [5.41, 5.74) is 0.902. The predicted molar refractivity (Wildman–Crippen MR) is 44.4 cm³/mol. The third-order valence-electron chi connectivity index (χ3n) is 2.47. The molecule has 1 aliphatic carbocycles. The van der Waals surface area contributed by atoms with Crippen molar-refractivity contribution in [2.75, 3.05) is 0 Å². The van der Waals surface area contributed by atoms with Gasteiger partial charge >= 0.3 is 0 Å². The molecular weight excluding hydrogens is 150 g/mol. The van der Waals surface area contributed by atoms with Gasteiger partial charge in [-0.25, -0.2) is 0 Å². The van der Waals surface area contributed by atoms with Crippen molar-refractivity contribution < 1.29 is 0 Å². The molecule has 0 aliphatic heterocycles. The van der Waals surface area contributed by atoms with E-state index in [4.69, 9.17) is 5.26 Å². The fraction of sp³-hybridized carbons (Fsp3) is 0.556. The molecule has 0 saturated heterocycles. The number of rotatable bonds is 2. The number of hydrogen-bond acceptors (Lipinski definition) is 2. The van der Waals surface area contributed by atoms with Crippen LogP contribution in [0.4, 0.5) is 0 Å². The zero-order valence-corrected chi connectivity index (χ0v) is 7.12. The van der Waals surface area contributed by atoms with Crippen LogP contribution in [0.25, 0.3) is 0 Å². The summed E-state index contributed by atoms with van der Waals surface area (Å²) >= 11 is 0. The fourth-order valence-corrected chi connectivity index (χ4v) is 1.54. The highest BCUT2D eigenvalue weighted by Gasteiger charge is 2.47. The maximum atomic E-state index is 8.96. The molecule has 62 valence electrons. The van der Waals surface area contributed by atoms with E-state index < -0.39 is 0 Å². The summed E-state index contributed by atoms with van der Waals surface area (Å²) in [4.78, 5) is 0. The van der Waals surface area contributed by atoms with E-state index >= 15 is 0 Å². The van der Waals surface area contributed by atoms with E-state index in [0.29, 0.717) is 0 Å². The van der Waals surface area contributed by atoms with E-state index in [1.807, 2.05) is 17.7 Å². The predicted octanol–water partition coefficient (Wildman–Crippen LogP) is 1.46. The highest BCUT2D eigenvalue weighted by Crippen LogP contribution is 2.47. The van der Waals surface area contributed by atoms with Crippen LogP contribution in [0.15, 0.2) is 12.3 Å². The van der Waals surface area contributed by atoms with Gasteiger partial charge in [-0.05, 0) is 25.8 Å². The van der Waals surface area contributed by atoms with E-state index in [9.17, 15) is 0 Å². The molecule has 1 aromatic rings. The van der Waals surface area contributed by atoms with Gasteiger partial charge in [-0.1, -0.05) is 0 Å². The SMILES string of the molecule is CCn1nccc1C1(C#N)CC1. The van der Waals surface area contributed by atoms with Crippen LogP contribution in [-0.4, -0.2) is 9.78 Å². The molecule has 0 N–H and O–H groups in total. The molecule has 12 heavy (non-hydrogen) atoms. The van der Waals surface area contributed by atoms with Crippen molar-refractivity contribution in [1.82, 2.24) is 9.78 Å². The van der Waals surface area contributed by atoms with Crippen molar-refractivity contribution in [3.63, 3.8) is 0 Å². The lowest BCUT2D eigenvalue weighted by atomic mass is 10.1. The summed E-state index contributed by atoms with van der Waals surface area (Å²) in [6.45, 7) is 2.90. The summed E-state index contributed by atoms with van der Waals surface area (Å²) in [5, 5.41) is 13.1. The lowest BCUT2D eigenvalue weighted by molar-refractivity contribution is 0.600. The number of hydrogen-bond donors (Lipinski definition) is 0. The van der Waals surface area contributed by atoms with Crippen LogP contribution in [0.2, 0.25) is 0 Å². The quantitative estimate of drug-likeness (QED) is 0.658. The second-order valence-electron chi connectivity index (χ2n) is 3.23. The molecule has 3 nitrogen and oxygen atoms in total. The maximum absolute atomic E-state index is 8.96. The second-order valence-corrected chi connectivity index (χ2v) is 3.23. The molecule has 0 radical (unpaired) electrons.